The number of carbonyl (C=O) groups excluding carboxylic acids is 1. The Kier molecular flexibility index (Phi) is 3.46. The number of hydrogen-bond donors (Lipinski definition) is 1. The first-order valence-electron chi connectivity index (χ1n) is 6.38. The van der Waals surface area contributed by atoms with Crippen LogP contribution >= 0.6 is 0 Å². The van der Waals surface area contributed by atoms with E-state index in [4.69, 9.17) is 4.52 Å². The van der Waals surface area contributed by atoms with Gasteiger partial charge in [-0.1, -0.05) is 17.3 Å². The van der Waals surface area contributed by atoms with Gasteiger partial charge in [-0.15, -0.1) is 0 Å². The molecule has 1 aromatic carbocycles. The largest absolute Gasteiger partial charge is 0.351 e. The maximum Gasteiger partial charge on any atom is 0.290 e. The minimum atomic E-state index is -0.290. The molecule has 1 amide bonds. The van der Waals surface area contributed by atoms with Crippen molar-refractivity contribution in [1.29, 1.82) is 0 Å². The van der Waals surface area contributed by atoms with Crippen molar-refractivity contribution in [2.45, 2.75) is 13.5 Å². The fourth-order valence-corrected chi connectivity index (χ4v) is 1.89. The standard InChI is InChI=1S/C14H13N5O2/c1-10-5-13(21-18-10)14(20)16-7-11-3-2-4-12(6-11)19-9-15-8-17-19/h2-6,8-9H,7H2,1H3,(H,16,20). The molecule has 0 saturated heterocycles. The highest BCUT2D eigenvalue weighted by molar-refractivity contribution is 5.91. The predicted molar refractivity (Wildman–Crippen MR) is 73.8 cm³/mol. The Balaban J connectivity index is 1.68. The second-order valence-corrected chi connectivity index (χ2v) is 4.53. The summed E-state index contributed by atoms with van der Waals surface area (Å²) in [5.74, 6) is -0.0818. The highest BCUT2D eigenvalue weighted by atomic mass is 16.5. The second kappa shape index (κ2) is 5.58. The minimum absolute atomic E-state index is 0.208. The van der Waals surface area contributed by atoms with E-state index in [1.807, 2.05) is 24.3 Å². The van der Waals surface area contributed by atoms with Crippen molar-refractivity contribution >= 4 is 5.91 Å². The van der Waals surface area contributed by atoms with E-state index < -0.39 is 0 Å². The van der Waals surface area contributed by atoms with Gasteiger partial charge in [0.2, 0.25) is 5.76 Å². The molecule has 2 aromatic heterocycles. The fraction of sp³-hybridized carbons (Fsp3) is 0.143. The van der Waals surface area contributed by atoms with E-state index in [-0.39, 0.29) is 11.7 Å². The van der Waals surface area contributed by atoms with Crippen LogP contribution in [-0.2, 0) is 6.54 Å². The minimum Gasteiger partial charge on any atom is -0.351 e. The van der Waals surface area contributed by atoms with Crippen molar-refractivity contribution in [2.75, 3.05) is 0 Å². The summed E-state index contributed by atoms with van der Waals surface area (Å²) < 4.78 is 6.57. The van der Waals surface area contributed by atoms with E-state index >= 15 is 0 Å². The van der Waals surface area contributed by atoms with Crippen LogP contribution in [0.25, 0.3) is 5.69 Å². The number of aromatic nitrogens is 4. The molecule has 2 heterocycles. The number of nitrogens with one attached hydrogen (secondary N) is 1. The first-order chi connectivity index (χ1) is 10.2. The van der Waals surface area contributed by atoms with Gasteiger partial charge in [0.15, 0.2) is 0 Å². The first kappa shape index (κ1) is 13.0. The molecule has 0 aliphatic heterocycles. The molecule has 0 aliphatic rings. The third-order valence-electron chi connectivity index (χ3n) is 2.90. The summed E-state index contributed by atoms with van der Waals surface area (Å²) >= 11 is 0. The number of amides is 1. The van der Waals surface area contributed by atoms with Crippen molar-refractivity contribution in [3.63, 3.8) is 0 Å². The summed E-state index contributed by atoms with van der Waals surface area (Å²) in [5, 5.41) is 10.5. The van der Waals surface area contributed by atoms with Crippen LogP contribution in [0.15, 0.2) is 47.5 Å². The van der Waals surface area contributed by atoms with Crippen LogP contribution in [0, 0.1) is 6.92 Å². The molecule has 0 spiro atoms. The molecule has 0 bridgehead atoms. The molecule has 0 radical (unpaired) electrons. The van der Waals surface area contributed by atoms with Gasteiger partial charge in [0, 0.05) is 12.6 Å². The average molecular weight is 283 g/mol. The number of rotatable bonds is 4. The highest BCUT2D eigenvalue weighted by Gasteiger charge is 2.11. The molecule has 7 heteroatoms. The Hall–Kier alpha value is -2.96. The zero-order valence-electron chi connectivity index (χ0n) is 11.4. The van der Waals surface area contributed by atoms with Crippen molar-refractivity contribution in [1.82, 2.24) is 25.2 Å². The van der Waals surface area contributed by atoms with Gasteiger partial charge in [-0.3, -0.25) is 4.79 Å². The van der Waals surface area contributed by atoms with E-state index in [9.17, 15) is 4.79 Å². The summed E-state index contributed by atoms with van der Waals surface area (Å²) in [6.45, 7) is 2.16. The van der Waals surface area contributed by atoms with Crippen LogP contribution in [0.1, 0.15) is 21.8 Å². The molecule has 3 rings (SSSR count). The van der Waals surface area contributed by atoms with Gasteiger partial charge in [-0.25, -0.2) is 9.67 Å². The molecule has 21 heavy (non-hydrogen) atoms. The first-order valence-corrected chi connectivity index (χ1v) is 6.38. The summed E-state index contributed by atoms with van der Waals surface area (Å²) in [7, 11) is 0. The molecule has 0 fully saturated rings. The molecule has 3 aromatic rings. The van der Waals surface area contributed by atoms with E-state index in [1.165, 1.54) is 6.33 Å². The van der Waals surface area contributed by atoms with Crippen LogP contribution in [0.4, 0.5) is 0 Å². The monoisotopic (exact) mass is 283 g/mol. The Labute approximate surface area is 120 Å². The lowest BCUT2D eigenvalue weighted by atomic mass is 10.2. The molecule has 0 aliphatic carbocycles. The second-order valence-electron chi connectivity index (χ2n) is 4.53. The Morgan fingerprint density at radius 1 is 1.38 bits per heavy atom. The van der Waals surface area contributed by atoms with Crippen molar-refractivity contribution in [3.8, 4) is 5.69 Å². The van der Waals surface area contributed by atoms with Crippen molar-refractivity contribution < 1.29 is 9.32 Å². The van der Waals surface area contributed by atoms with E-state index in [1.54, 1.807) is 24.0 Å². The maximum absolute atomic E-state index is 11.9. The van der Waals surface area contributed by atoms with Gasteiger partial charge in [-0.05, 0) is 24.6 Å². The Morgan fingerprint density at radius 3 is 3.00 bits per heavy atom. The predicted octanol–water partition coefficient (Wildman–Crippen LogP) is 1.49. The number of carbonyl (C=O) groups is 1. The fourth-order valence-electron chi connectivity index (χ4n) is 1.89. The van der Waals surface area contributed by atoms with Gasteiger partial charge >= 0.3 is 0 Å². The Morgan fingerprint density at radius 2 is 2.29 bits per heavy atom. The summed E-state index contributed by atoms with van der Waals surface area (Å²) in [6, 6.07) is 9.27. The van der Waals surface area contributed by atoms with E-state index in [0.29, 0.717) is 12.2 Å². The van der Waals surface area contributed by atoms with Gasteiger partial charge in [0.1, 0.15) is 12.7 Å². The van der Waals surface area contributed by atoms with E-state index in [2.05, 4.69) is 20.6 Å². The van der Waals surface area contributed by atoms with Crippen LogP contribution in [0.3, 0.4) is 0 Å². The molecular formula is C14H13N5O2. The van der Waals surface area contributed by atoms with Crippen LogP contribution in [0.2, 0.25) is 0 Å². The number of aryl methyl sites for hydroxylation is 1. The molecule has 0 saturated carbocycles. The topological polar surface area (TPSA) is 85.8 Å². The third-order valence-corrected chi connectivity index (χ3v) is 2.90. The van der Waals surface area contributed by atoms with Gasteiger partial charge in [-0.2, -0.15) is 5.10 Å². The summed E-state index contributed by atoms with van der Waals surface area (Å²) in [5.41, 5.74) is 2.51. The summed E-state index contributed by atoms with van der Waals surface area (Å²) in [6.07, 6.45) is 3.09. The summed E-state index contributed by atoms with van der Waals surface area (Å²) in [4.78, 5) is 15.8. The lowest BCUT2D eigenvalue weighted by molar-refractivity contribution is 0.0914. The lowest BCUT2D eigenvalue weighted by Crippen LogP contribution is -2.22. The Bertz CT molecular complexity index is 748. The molecular weight excluding hydrogens is 270 g/mol. The zero-order valence-corrected chi connectivity index (χ0v) is 11.4. The number of hydrogen-bond acceptors (Lipinski definition) is 5. The van der Waals surface area contributed by atoms with Crippen LogP contribution in [-0.4, -0.2) is 25.8 Å². The molecule has 1 N–H and O–H groups in total. The lowest BCUT2D eigenvalue weighted by Gasteiger charge is -2.06. The van der Waals surface area contributed by atoms with Gasteiger partial charge < -0.3 is 9.84 Å². The normalized spacial score (nSPS) is 10.5. The van der Waals surface area contributed by atoms with Gasteiger partial charge in [0.05, 0.1) is 11.4 Å². The molecule has 0 unspecified atom stereocenters. The highest BCUT2D eigenvalue weighted by Crippen LogP contribution is 2.09. The van der Waals surface area contributed by atoms with Crippen molar-refractivity contribution in [2.24, 2.45) is 0 Å². The third kappa shape index (κ3) is 2.97. The molecule has 7 nitrogen and oxygen atoms in total. The van der Waals surface area contributed by atoms with Gasteiger partial charge in [0.25, 0.3) is 5.91 Å². The molecule has 106 valence electrons. The average Bonchev–Trinajstić information content (AvgIpc) is 3.16. The molecule has 0 atom stereocenters. The van der Waals surface area contributed by atoms with Crippen molar-refractivity contribution in [3.05, 3.63) is 60.0 Å². The van der Waals surface area contributed by atoms with Crippen LogP contribution < -0.4 is 5.32 Å². The van der Waals surface area contributed by atoms with Crippen LogP contribution in [0.5, 0.6) is 0 Å². The quantitative estimate of drug-likeness (QED) is 0.784. The number of benzene rings is 1. The van der Waals surface area contributed by atoms with E-state index in [0.717, 1.165) is 11.3 Å². The smallest absolute Gasteiger partial charge is 0.290 e. The zero-order chi connectivity index (χ0) is 14.7. The maximum atomic E-state index is 11.9. The SMILES string of the molecule is Cc1cc(C(=O)NCc2cccc(-n3cncn3)c2)on1. The number of nitrogens with zero attached hydrogens (tertiary/aromatic N) is 4.